The van der Waals surface area contributed by atoms with E-state index in [1.807, 2.05) is 6.92 Å². The van der Waals surface area contributed by atoms with E-state index in [0.29, 0.717) is 18.0 Å². The predicted molar refractivity (Wildman–Crippen MR) is 61.0 cm³/mol. The summed E-state index contributed by atoms with van der Waals surface area (Å²) in [5.74, 6) is 1.37. The molecule has 16 heavy (non-hydrogen) atoms. The fourth-order valence-corrected chi connectivity index (χ4v) is 2.19. The van der Waals surface area contributed by atoms with Crippen LogP contribution in [0, 0.1) is 6.92 Å². The molecule has 1 aromatic heterocycles. The lowest BCUT2D eigenvalue weighted by Crippen LogP contribution is -2.56. The van der Waals surface area contributed by atoms with Crippen LogP contribution in [0.3, 0.4) is 0 Å². The molecule has 5 nitrogen and oxygen atoms in total. The quantitative estimate of drug-likeness (QED) is 0.807. The van der Waals surface area contributed by atoms with E-state index in [-0.39, 0.29) is 0 Å². The smallest absolute Gasteiger partial charge is 0.223 e. The first-order chi connectivity index (χ1) is 7.62. The van der Waals surface area contributed by atoms with Crippen molar-refractivity contribution in [1.82, 2.24) is 20.4 Å². The van der Waals surface area contributed by atoms with Crippen molar-refractivity contribution in [1.29, 1.82) is 0 Å². The van der Waals surface area contributed by atoms with Gasteiger partial charge in [-0.15, -0.1) is 0 Å². The van der Waals surface area contributed by atoms with Crippen LogP contribution in [-0.4, -0.2) is 41.2 Å². The van der Waals surface area contributed by atoms with Gasteiger partial charge in [0, 0.05) is 19.0 Å². The summed E-state index contributed by atoms with van der Waals surface area (Å²) in [4.78, 5) is 6.49. The van der Waals surface area contributed by atoms with Gasteiger partial charge in [0.1, 0.15) is 0 Å². The minimum atomic E-state index is 0.346. The average Bonchev–Trinajstić information content (AvgIpc) is 2.55. The maximum absolute atomic E-state index is 4.92. The molecule has 1 N–H and O–H groups in total. The monoisotopic (exact) mass is 224 g/mol. The molecule has 0 amide bonds. The Morgan fingerprint density at radius 1 is 1.44 bits per heavy atom. The fourth-order valence-electron chi connectivity index (χ4n) is 2.19. The molecule has 0 atom stereocenters. The molecule has 2 rings (SSSR count). The number of nitrogens with one attached hydrogen (secondary N) is 1. The first-order valence-corrected chi connectivity index (χ1v) is 5.80. The van der Waals surface area contributed by atoms with Gasteiger partial charge in [0.15, 0.2) is 5.82 Å². The van der Waals surface area contributed by atoms with E-state index < -0.39 is 0 Å². The van der Waals surface area contributed by atoms with Crippen LogP contribution in [0.2, 0.25) is 0 Å². The average molecular weight is 224 g/mol. The van der Waals surface area contributed by atoms with Crippen LogP contribution in [-0.2, 0) is 6.54 Å². The Labute approximate surface area is 96.2 Å². The van der Waals surface area contributed by atoms with E-state index in [1.165, 1.54) is 19.3 Å². The Balaban J connectivity index is 1.79. The second-order valence-corrected chi connectivity index (χ2v) is 4.81. The van der Waals surface area contributed by atoms with Crippen molar-refractivity contribution >= 4 is 0 Å². The summed E-state index contributed by atoms with van der Waals surface area (Å²) in [6, 6.07) is 0. The predicted octanol–water partition coefficient (Wildman–Crippen LogP) is 0.952. The van der Waals surface area contributed by atoms with Gasteiger partial charge >= 0.3 is 0 Å². The molecule has 0 radical (unpaired) electrons. The van der Waals surface area contributed by atoms with Crippen molar-refractivity contribution in [3.63, 3.8) is 0 Å². The third kappa shape index (κ3) is 2.25. The van der Waals surface area contributed by atoms with Gasteiger partial charge in [0.2, 0.25) is 5.89 Å². The van der Waals surface area contributed by atoms with Crippen LogP contribution in [0.1, 0.15) is 31.0 Å². The van der Waals surface area contributed by atoms with Crippen LogP contribution in [0.5, 0.6) is 0 Å². The van der Waals surface area contributed by atoms with Crippen LogP contribution in [0.15, 0.2) is 4.52 Å². The number of hydrogen-bond donors (Lipinski definition) is 1. The number of hydrogen-bond acceptors (Lipinski definition) is 5. The first-order valence-electron chi connectivity index (χ1n) is 5.80. The summed E-state index contributed by atoms with van der Waals surface area (Å²) >= 11 is 0. The zero-order valence-electron chi connectivity index (χ0n) is 10.3. The van der Waals surface area contributed by atoms with Crippen LogP contribution in [0.4, 0.5) is 0 Å². The molecule has 0 spiro atoms. The molecule has 1 aliphatic carbocycles. The summed E-state index contributed by atoms with van der Waals surface area (Å²) in [6.07, 6.45) is 3.89. The lowest BCUT2D eigenvalue weighted by atomic mass is 9.75. The van der Waals surface area contributed by atoms with Gasteiger partial charge in [-0.2, -0.15) is 4.98 Å². The molecule has 90 valence electrons. The molecule has 0 aliphatic heterocycles. The van der Waals surface area contributed by atoms with Crippen molar-refractivity contribution < 1.29 is 4.52 Å². The number of rotatable bonds is 5. The van der Waals surface area contributed by atoms with E-state index >= 15 is 0 Å². The van der Waals surface area contributed by atoms with Crippen molar-refractivity contribution in [3.8, 4) is 0 Å². The zero-order chi connectivity index (χ0) is 11.6. The maximum Gasteiger partial charge on any atom is 0.223 e. The lowest BCUT2D eigenvalue weighted by molar-refractivity contribution is 0.0596. The number of likely N-dealkylation sites (N-methyl/N-ethyl adjacent to an activating group) is 1. The SMILES string of the molecule is Cc1nc(CNCC2(N(C)C)CCC2)no1. The van der Waals surface area contributed by atoms with E-state index in [4.69, 9.17) is 4.52 Å². The summed E-state index contributed by atoms with van der Waals surface area (Å²) in [5, 5.41) is 7.27. The largest absolute Gasteiger partial charge is 0.340 e. The first kappa shape index (κ1) is 11.5. The molecule has 0 aromatic carbocycles. The Morgan fingerprint density at radius 3 is 2.62 bits per heavy atom. The molecular formula is C11H20N4O. The Bertz CT molecular complexity index is 344. The minimum Gasteiger partial charge on any atom is -0.340 e. The molecule has 0 saturated heterocycles. The number of nitrogens with zero attached hydrogens (tertiary/aromatic N) is 3. The standard InChI is InChI=1S/C11H20N4O/c1-9-13-10(14-16-9)7-12-8-11(15(2)3)5-4-6-11/h12H,4-8H2,1-3H3. The normalized spacial score (nSPS) is 18.8. The molecular weight excluding hydrogens is 204 g/mol. The van der Waals surface area contributed by atoms with E-state index in [0.717, 1.165) is 12.4 Å². The summed E-state index contributed by atoms with van der Waals surface area (Å²) in [6.45, 7) is 3.49. The Morgan fingerprint density at radius 2 is 2.19 bits per heavy atom. The lowest BCUT2D eigenvalue weighted by Gasteiger charge is -2.47. The topological polar surface area (TPSA) is 54.2 Å². The molecule has 1 fully saturated rings. The Hall–Kier alpha value is -0.940. The minimum absolute atomic E-state index is 0.346. The summed E-state index contributed by atoms with van der Waals surface area (Å²) in [5.41, 5.74) is 0.346. The van der Waals surface area contributed by atoms with Crippen LogP contribution in [0.25, 0.3) is 0 Å². The van der Waals surface area contributed by atoms with Crippen molar-refractivity contribution in [2.24, 2.45) is 0 Å². The second-order valence-electron chi connectivity index (χ2n) is 4.81. The van der Waals surface area contributed by atoms with Gasteiger partial charge in [-0.1, -0.05) is 5.16 Å². The molecule has 5 heteroatoms. The van der Waals surface area contributed by atoms with Crippen molar-refractivity contribution in [3.05, 3.63) is 11.7 Å². The number of aryl methyl sites for hydroxylation is 1. The molecule has 1 saturated carbocycles. The van der Waals surface area contributed by atoms with E-state index in [1.54, 1.807) is 0 Å². The van der Waals surface area contributed by atoms with E-state index in [2.05, 4.69) is 34.5 Å². The van der Waals surface area contributed by atoms with Crippen LogP contribution < -0.4 is 5.32 Å². The Kier molecular flexibility index (Phi) is 3.25. The highest BCUT2D eigenvalue weighted by molar-refractivity contribution is 4.98. The van der Waals surface area contributed by atoms with Gasteiger partial charge in [-0.05, 0) is 33.4 Å². The fraction of sp³-hybridized carbons (Fsp3) is 0.818. The number of aromatic nitrogens is 2. The van der Waals surface area contributed by atoms with Gasteiger partial charge in [0.25, 0.3) is 0 Å². The van der Waals surface area contributed by atoms with Gasteiger partial charge < -0.3 is 14.7 Å². The molecule has 1 heterocycles. The molecule has 0 unspecified atom stereocenters. The third-order valence-corrected chi connectivity index (χ3v) is 3.54. The van der Waals surface area contributed by atoms with Crippen LogP contribution >= 0.6 is 0 Å². The van der Waals surface area contributed by atoms with Crippen molar-refractivity contribution in [2.75, 3.05) is 20.6 Å². The highest BCUT2D eigenvalue weighted by Crippen LogP contribution is 2.35. The van der Waals surface area contributed by atoms with E-state index in [9.17, 15) is 0 Å². The zero-order valence-corrected chi connectivity index (χ0v) is 10.3. The van der Waals surface area contributed by atoms with Crippen molar-refractivity contribution in [2.45, 2.75) is 38.3 Å². The molecule has 0 bridgehead atoms. The maximum atomic E-state index is 4.92. The second kappa shape index (κ2) is 4.51. The third-order valence-electron chi connectivity index (χ3n) is 3.54. The summed E-state index contributed by atoms with van der Waals surface area (Å²) in [7, 11) is 4.30. The summed E-state index contributed by atoms with van der Waals surface area (Å²) < 4.78 is 4.92. The van der Waals surface area contributed by atoms with Gasteiger partial charge in [0.05, 0.1) is 6.54 Å². The highest BCUT2D eigenvalue weighted by atomic mass is 16.5. The highest BCUT2D eigenvalue weighted by Gasteiger charge is 2.38. The molecule has 1 aromatic rings. The van der Waals surface area contributed by atoms with Gasteiger partial charge in [-0.3, -0.25) is 0 Å². The molecule has 1 aliphatic rings. The van der Waals surface area contributed by atoms with Gasteiger partial charge in [-0.25, -0.2) is 0 Å².